The minimum absolute atomic E-state index is 0.433. The molecule has 1 unspecified atom stereocenters. The van der Waals surface area contributed by atoms with Gasteiger partial charge in [-0.3, -0.25) is 4.90 Å². The van der Waals surface area contributed by atoms with Crippen LogP contribution in [0.4, 0.5) is 5.82 Å². The molecule has 4 rings (SSSR count). The number of hydrogen-bond donors (Lipinski definition) is 1. The number of anilines is 1. The number of likely N-dealkylation sites (tertiary alicyclic amines) is 1. The van der Waals surface area contributed by atoms with E-state index in [-0.39, 0.29) is 0 Å². The zero-order chi connectivity index (χ0) is 15.5. The maximum absolute atomic E-state index is 5.66. The molecule has 2 aliphatic rings. The third kappa shape index (κ3) is 3.37. The van der Waals surface area contributed by atoms with Crippen LogP contribution in [0, 0.1) is 0 Å². The molecule has 0 amide bonds. The molecular formula is C17H20N4O2. The molecule has 1 atom stereocenters. The Balaban J connectivity index is 1.35. The number of hydrogen-bond acceptors (Lipinski definition) is 6. The van der Waals surface area contributed by atoms with Gasteiger partial charge in [-0.15, -0.1) is 0 Å². The number of nitrogens with one attached hydrogen (secondary N) is 1. The van der Waals surface area contributed by atoms with Gasteiger partial charge in [0.05, 0.1) is 0 Å². The lowest BCUT2D eigenvalue weighted by Gasteiger charge is -2.21. The van der Waals surface area contributed by atoms with Crippen molar-refractivity contribution >= 4 is 5.82 Å². The fraction of sp³-hybridized carbons (Fsp3) is 0.412. The normalized spacial score (nSPS) is 20.4. The summed E-state index contributed by atoms with van der Waals surface area (Å²) in [6.45, 7) is 4.29. The van der Waals surface area contributed by atoms with E-state index in [2.05, 4.69) is 32.3 Å². The summed E-state index contributed by atoms with van der Waals surface area (Å²) in [4.78, 5) is 10.6. The van der Waals surface area contributed by atoms with Gasteiger partial charge in [-0.25, -0.2) is 9.97 Å². The van der Waals surface area contributed by atoms with Crippen molar-refractivity contribution in [3.63, 3.8) is 0 Å². The standard InChI is InChI=1S/C17H20N4O2/c1-2-15-16(23-8-7-22-15)9-13(1)10-21-6-4-14(11-21)20-17-3-5-18-12-19-17/h1-3,5,9,12,14H,4,6-8,10-11H2,(H,18,19,20). The first-order valence-electron chi connectivity index (χ1n) is 8.00. The highest BCUT2D eigenvalue weighted by Gasteiger charge is 2.23. The fourth-order valence-electron chi connectivity index (χ4n) is 3.12. The molecule has 0 saturated carbocycles. The highest BCUT2D eigenvalue weighted by atomic mass is 16.6. The number of rotatable bonds is 4. The van der Waals surface area contributed by atoms with Crippen LogP contribution in [0.1, 0.15) is 12.0 Å². The molecule has 1 aromatic heterocycles. The summed E-state index contributed by atoms with van der Waals surface area (Å²) in [7, 11) is 0. The molecule has 0 bridgehead atoms. The van der Waals surface area contributed by atoms with Crippen molar-refractivity contribution in [2.24, 2.45) is 0 Å². The smallest absolute Gasteiger partial charge is 0.161 e. The van der Waals surface area contributed by atoms with E-state index in [1.807, 2.05) is 12.1 Å². The maximum Gasteiger partial charge on any atom is 0.161 e. The average molecular weight is 312 g/mol. The Hall–Kier alpha value is -2.34. The molecule has 0 radical (unpaired) electrons. The van der Waals surface area contributed by atoms with Crippen LogP contribution in [0.15, 0.2) is 36.8 Å². The van der Waals surface area contributed by atoms with E-state index in [0.29, 0.717) is 19.3 Å². The van der Waals surface area contributed by atoms with Gasteiger partial charge >= 0.3 is 0 Å². The Morgan fingerprint density at radius 2 is 2.09 bits per heavy atom. The Morgan fingerprint density at radius 3 is 2.96 bits per heavy atom. The molecule has 1 N–H and O–H groups in total. The minimum atomic E-state index is 0.433. The van der Waals surface area contributed by atoms with Crippen molar-refractivity contribution in [1.29, 1.82) is 0 Å². The summed E-state index contributed by atoms with van der Waals surface area (Å²) in [6.07, 6.45) is 4.45. The van der Waals surface area contributed by atoms with E-state index in [1.165, 1.54) is 5.56 Å². The summed E-state index contributed by atoms with van der Waals surface area (Å²) >= 11 is 0. The zero-order valence-corrected chi connectivity index (χ0v) is 12.9. The Morgan fingerprint density at radius 1 is 1.17 bits per heavy atom. The first-order chi connectivity index (χ1) is 11.4. The molecule has 3 heterocycles. The van der Waals surface area contributed by atoms with Crippen LogP contribution in [0.2, 0.25) is 0 Å². The molecule has 6 nitrogen and oxygen atoms in total. The quantitative estimate of drug-likeness (QED) is 0.931. The predicted molar refractivity (Wildman–Crippen MR) is 86.8 cm³/mol. The van der Waals surface area contributed by atoms with Crippen LogP contribution in [-0.2, 0) is 6.54 Å². The highest BCUT2D eigenvalue weighted by molar-refractivity contribution is 5.43. The van der Waals surface area contributed by atoms with Crippen molar-refractivity contribution in [1.82, 2.24) is 14.9 Å². The number of nitrogens with zero attached hydrogens (tertiary/aromatic N) is 3. The Bertz CT molecular complexity index is 665. The third-order valence-corrected chi connectivity index (χ3v) is 4.22. The van der Waals surface area contributed by atoms with Crippen molar-refractivity contribution < 1.29 is 9.47 Å². The van der Waals surface area contributed by atoms with Gasteiger partial charge in [-0.1, -0.05) is 6.07 Å². The van der Waals surface area contributed by atoms with Crippen LogP contribution in [0.25, 0.3) is 0 Å². The number of benzene rings is 1. The third-order valence-electron chi connectivity index (χ3n) is 4.22. The Labute approximate surface area is 135 Å². The summed E-state index contributed by atoms with van der Waals surface area (Å²) in [5.74, 6) is 2.61. The largest absolute Gasteiger partial charge is 0.486 e. The van der Waals surface area contributed by atoms with Gasteiger partial charge < -0.3 is 14.8 Å². The molecular weight excluding hydrogens is 292 g/mol. The molecule has 120 valence electrons. The molecule has 2 aromatic rings. The van der Waals surface area contributed by atoms with E-state index >= 15 is 0 Å². The SMILES string of the molecule is c1cc(NC2CCN(Cc3ccc4c(c3)OCCO4)C2)ncn1. The van der Waals surface area contributed by atoms with Gasteiger partial charge in [0.25, 0.3) is 0 Å². The van der Waals surface area contributed by atoms with E-state index in [9.17, 15) is 0 Å². The lowest BCUT2D eigenvalue weighted by atomic mass is 10.2. The van der Waals surface area contributed by atoms with Crippen LogP contribution in [0.3, 0.4) is 0 Å². The first-order valence-corrected chi connectivity index (χ1v) is 8.00. The number of aromatic nitrogens is 2. The summed E-state index contributed by atoms with van der Waals surface area (Å²) in [5.41, 5.74) is 1.26. The second-order valence-corrected chi connectivity index (χ2v) is 5.94. The molecule has 23 heavy (non-hydrogen) atoms. The second kappa shape index (κ2) is 6.42. The minimum Gasteiger partial charge on any atom is -0.486 e. The molecule has 2 aliphatic heterocycles. The van der Waals surface area contributed by atoms with Gasteiger partial charge in [0.15, 0.2) is 11.5 Å². The summed E-state index contributed by atoms with van der Waals surface area (Å²) in [6, 6.07) is 8.57. The topological polar surface area (TPSA) is 59.5 Å². The van der Waals surface area contributed by atoms with Crippen molar-refractivity contribution in [3.8, 4) is 11.5 Å². The highest BCUT2D eigenvalue weighted by Crippen LogP contribution is 2.31. The fourth-order valence-corrected chi connectivity index (χ4v) is 3.12. The number of ether oxygens (including phenoxy) is 2. The average Bonchev–Trinajstić information content (AvgIpc) is 3.02. The lowest BCUT2D eigenvalue weighted by Crippen LogP contribution is -2.26. The van der Waals surface area contributed by atoms with Crippen LogP contribution < -0.4 is 14.8 Å². The molecule has 1 saturated heterocycles. The van der Waals surface area contributed by atoms with Gasteiger partial charge in [0, 0.05) is 31.9 Å². The van der Waals surface area contributed by atoms with Crippen molar-refractivity contribution in [2.45, 2.75) is 19.0 Å². The van der Waals surface area contributed by atoms with E-state index in [4.69, 9.17) is 9.47 Å². The first kappa shape index (κ1) is 14.3. The molecule has 1 fully saturated rings. The molecule has 6 heteroatoms. The lowest BCUT2D eigenvalue weighted by molar-refractivity contribution is 0.171. The van der Waals surface area contributed by atoms with Crippen LogP contribution in [-0.4, -0.2) is 47.2 Å². The monoisotopic (exact) mass is 312 g/mol. The maximum atomic E-state index is 5.66. The summed E-state index contributed by atoms with van der Waals surface area (Å²) < 4.78 is 11.2. The second-order valence-electron chi connectivity index (χ2n) is 5.94. The molecule has 0 aliphatic carbocycles. The van der Waals surface area contributed by atoms with Crippen LogP contribution >= 0.6 is 0 Å². The zero-order valence-electron chi connectivity index (χ0n) is 12.9. The van der Waals surface area contributed by atoms with Crippen molar-refractivity contribution in [3.05, 3.63) is 42.4 Å². The van der Waals surface area contributed by atoms with E-state index < -0.39 is 0 Å². The van der Waals surface area contributed by atoms with Gasteiger partial charge in [0.1, 0.15) is 25.4 Å². The molecule has 1 aromatic carbocycles. The number of fused-ring (bicyclic) bond motifs is 1. The van der Waals surface area contributed by atoms with Gasteiger partial charge in [0.2, 0.25) is 0 Å². The summed E-state index contributed by atoms with van der Waals surface area (Å²) in [5, 5.41) is 3.47. The van der Waals surface area contributed by atoms with Crippen molar-refractivity contribution in [2.75, 3.05) is 31.6 Å². The Kier molecular flexibility index (Phi) is 3.98. The van der Waals surface area contributed by atoms with Gasteiger partial charge in [-0.2, -0.15) is 0 Å². The van der Waals surface area contributed by atoms with Crippen LogP contribution in [0.5, 0.6) is 11.5 Å². The van der Waals surface area contributed by atoms with E-state index in [0.717, 1.165) is 43.4 Å². The molecule has 0 spiro atoms. The van der Waals surface area contributed by atoms with Gasteiger partial charge in [-0.05, 0) is 30.2 Å². The predicted octanol–water partition coefficient (Wildman–Crippen LogP) is 1.93. The van der Waals surface area contributed by atoms with E-state index in [1.54, 1.807) is 12.5 Å².